The molecular formula is C12H8N2O3S. The van der Waals surface area contributed by atoms with Gasteiger partial charge in [0.05, 0.1) is 10.6 Å². The van der Waals surface area contributed by atoms with Gasteiger partial charge in [-0.05, 0) is 35.7 Å². The third-order valence-electron chi connectivity index (χ3n) is 2.57. The van der Waals surface area contributed by atoms with Crippen LogP contribution in [0.3, 0.4) is 0 Å². The molecule has 0 saturated heterocycles. The molecule has 3 rings (SSSR count). The maximum absolute atomic E-state index is 10.8. The van der Waals surface area contributed by atoms with Crippen LogP contribution in [-0.4, -0.2) is 26.4 Å². The summed E-state index contributed by atoms with van der Waals surface area (Å²) >= 11 is 1.47. The molecule has 0 fully saturated rings. The van der Waals surface area contributed by atoms with Crippen LogP contribution in [0.5, 0.6) is 5.75 Å². The molecule has 0 spiro atoms. The lowest BCUT2D eigenvalue weighted by Gasteiger charge is -1.89. The molecule has 0 atom stereocenters. The summed E-state index contributed by atoms with van der Waals surface area (Å²) in [6.45, 7) is 0. The molecule has 0 aliphatic heterocycles. The molecule has 2 heterocycles. The number of aromatic carboxylic acids is 1. The standard InChI is InChI=1S/C12H8N2O3S/c15-7-2-1-6-3-11(18-10(6)4-7)8-5-9(12(16)17)14-13-8/h1-5,15H,(H,13,14)(H,16,17). The van der Waals surface area contributed by atoms with E-state index in [-0.39, 0.29) is 11.4 Å². The molecule has 2 aromatic heterocycles. The lowest BCUT2D eigenvalue weighted by atomic mass is 10.2. The smallest absolute Gasteiger partial charge is 0.356 e. The average molecular weight is 260 g/mol. The number of H-pyrrole nitrogens is 1. The topological polar surface area (TPSA) is 86.2 Å². The molecule has 0 amide bonds. The zero-order valence-corrected chi connectivity index (χ0v) is 9.86. The third kappa shape index (κ3) is 1.72. The van der Waals surface area contributed by atoms with Gasteiger partial charge < -0.3 is 10.2 Å². The minimum atomic E-state index is -1.06. The Bertz CT molecular complexity index is 745. The first-order valence-electron chi connectivity index (χ1n) is 5.15. The van der Waals surface area contributed by atoms with Crippen molar-refractivity contribution in [3.05, 3.63) is 36.0 Å². The molecule has 1 aromatic carbocycles. The maximum Gasteiger partial charge on any atom is 0.356 e. The Labute approximate surface area is 105 Å². The van der Waals surface area contributed by atoms with Crippen molar-refractivity contribution in [1.29, 1.82) is 0 Å². The van der Waals surface area contributed by atoms with Crippen molar-refractivity contribution in [2.24, 2.45) is 0 Å². The van der Waals surface area contributed by atoms with Crippen molar-refractivity contribution in [1.82, 2.24) is 10.2 Å². The van der Waals surface area contributed by atoms with Crippen LogP contribution in [0.25, 0.3) is 20.7 Å². The highest BCUT2D eigenvalue weighted by atomic mass is 32.1. The number of fused-ring (bicyclic) bond motifs is 1. The quantitative estimate of drug-likeness (QED) is 0.661. The zero-order valence-electron chi connectivity index (χ0n) is 9.04. The van der Waals surface area contributed by atoms with E-state index in [1.807, 2.05) is 12.1 Å². The predicted octanol–water partition coefficient (Wildman–Crippen LogP) is 2.70. The number of hydrogen-bond donors (Lipinski definition) is 3. The summed E-state index contributed by atoms with van der Waals surface area (Å²) < 4.78 is 0.941. The maximum atomic E-state index is 10.8. The number of nitrogens with zero attached hydrogens (tertiary/aromatic N) is 1. The van der Waals surface area contributed by atoms with Crippen LogP contribution >= 0.6 is 11.3 Å². The van der Waals surface area contributed by atoms with Gasteiger partial charge in [-0.2, -0.15) is 5.10 Å². The molecule has 3 aromatic rings. The van der Waals surface area contributed by atoms with Crippen LogP contribution < -0.4 is 0 Å². The Morgan fingerprint density at radius 2 is 2.11 bits per heavy atom. The molecule has 18 heavy (non-hydrogen) atoms. The monoisotopic (exact) mass is 260 g/mol. The lowest BCUT2D eigenvalue weighted by Crippen LogP contribution is -1.95. The van der Waals surface area contributed by atoms with E-state index in [1.54, 1.807) is 12.1 Å². The molecule has 0 radical (unpaired) electrons. The third-order valence-corrected chi connectivity index (χ3v) is 3.70. The average Bonchev–Trinajstić information content (AvgIpc) is 2.93. The predicted molar refractivity (Wildman–Crippen MR) is 68.0 cm³/mol. The van der Waals surface area contributed by atoms with Crippen molar-refractivity contribution in [3.63, 3.8) is 0 Å². The van der Waals surface area contributed by atoms with Gasteiger partial charge in [0, 0.05) is 4.70 Å². The van der Waals surface area contributed by atoms with Crippen LogP contribution in [-0.2, 0) is 0 Å². The first-order chi connectivity index (χ1) is 8.63. The number of carboxylic acids is 1. The van der Waals surface area contributed by atoms with E-state index in [4.69, 9.17) is 5.11 Å². The number of aromatic hydroxyl groups is 1. The van der Waals surface area contributed by atoms with E-state index in [0.717, 1.165) is 15.0 Å². The highest BCUT2D eigenvalue weighted by Crippen LogP contribution is 2.34. The SMILES string of the molecule is O=C(O)c1cc(-c2cc3ccc(O)cc3s2)[nH]n1. The molecule has 0 bridgehead atoms. The van der Waals surface area contributed by atoms with Gasteiger partial charge in [-0.1, -0.05) is 0 Å². The fourth-order valence-electron chi connectivity index (χ4n) is 1.71. The number of nitrogens with one attached hydrogen (secondary N) is 1. The molecule has 6 heteroatoms. The van der Waals surface area contributed by atoms with Gasteiger partial charge in [0.15, 0.2) is 5.69 Å². The van der Waals surface area contributed by atoms with Gasteiger partial charge in [-0.25, -0.2) is 4.79 Å². The lowest BCUT2D eigenvalue weighted by molar-refractivity contribution is 0.0690. The largest absolute Gasteiger partial charge is 0.508 e. The van der Waals surface area contributed by atoms with E-state index in [9.17, 15) is 9.90 Å². The fourth-order valence-corrected chi connectivity index (χ4v) is 2.77. The number of rotatable bonds is 2. The molecule has 0 aliphatic rings. The number of aromatic nitrogens is 2. The molecule has 90 valence electrons. The molecule has 0 aliphatic carbocycles. The first kappa shape index (κ1) is 10.8. The normalized spacial score (nSPS) is 10.9. The second kappa shape index (κ2) is 3.85. The Hall–Kier alpha value is -2.34. The van der Waals surface area contributed by atoms with E-state index in [1.165, 1.54) is 17.4 Å². The highest BCUT2D eigenvalue weighted by molar-refractivity contribution is 7.22. The summed E-state index contributed by atoms with van der Waals surface area (Å²) in [7, 11) is 0. The van der Waals surface area contributed by atoms with Crippen LogP contribution in [0.4, 0.5) is 0 Å². The number of carbonyl (C=O) groups is 1. The van der Waals surface area contributed by atoms with E-state index >= 15 is 0 Å². The van der Waals surface area contributed by atoms with Gasteiger partial charge >= 0.3 is 5.97 Å². The van der Waals surface area contributed by atoms with Gasteiger partial charge in [-0.15, -0.1) is 11.3 Å². The number of aromatic amines is 1. The number of benzene rings is 1. The minimum Gasteiger partial charge on any atom is -0.508 e. The number of thiophene rings is 1. The summed E-state index contributed by atoms with van der Waals surface area (Å²) in [5.41, 5.74) is 0.651. The first-order valence-corrected chi connectivity index (χ1v) is 5.97. The van der Waals surface area contributed by atoms with Gasteiger partial charge in [0.1, 0.15) is 5.75 Å². The number of hydrogen-bond acceptors (Lipinski definition) is 4. The number of phenolic OH excluding ortho intramolecular Hbond substituents is 1. The van der Waals surface area contributed by atoms with E-state index in [2.05, 4.69) is 10.2 Å². The van der Waals surface area contributed by atoms with Crippen LogP contribution in [0, 0.1) is 0 Å². The van der Waals surface area contributed by atoms with Crippen molar-refractivity contribution in [3.8, 4) is 16.3 Å². The molecule has 5 nitrogen and oxygen atoms in total. The van der Waals surface area contributed by atoms with Crippen LogP contribution in [0.2, 0.25) is 0 Å². The summed E-state index contributed by atoms with van der Waals surface area (Å²) in [4.78, 5) is 11.6. The second-order valence-electron chi connectivity index (χ2n) is 3.80. The number of carboxylic acid groups (broad SMARTS) is 1. The molecule has 3 N–H and O–H groups in total. The zero-order chi connectivity index (χ0) is 12.7. The number of phenols is 1. The fraction of sp³-hybridized carbons (Fsp3) is 0. The van der Waals surface area contributed by atoms with Crippen molar-refractivity contribution in [2.75, 3.05) is 0 Å². The summed E-state index contributed by atoms with van der Waals surface area (Å²) in [6, 6.07) is 8.54. The van der Waals surface area contributed by atoms with Crippen LogP contribution in [0.1, 0.15) is 10.5 Å². The van der Waals surface area contributed by atoms with Crippen molar-refractivity contribution >= 4 is 27.4 Å². The Morgan fingerprint density at radius 1 is 1.28 bits per heavy atom. The Morgan fingerprint density at radius 3 is 2.83 bits per heavy atom. The second-order valence-corrected chi connectivity index (χ2v) is 4.89. The van der Waals surface area contributed by atoms with E-state index < -0.39 is 5.97 Å². The van der Waals surface area contributed by atoms with Gasteiger partial charge in [0.25, 0.3) is 0 Å². The molecule has 0 unspecified atom stereocenters. The van der Waals surface area contributed by atoms with Crippen molar-refractivity contribution in [2.45, 2.75) is 0 Å². The minimum absolute atomic E-state index is 0.00898. The highest BCUT2D eigenvalue weighted by Gasteiger charge is 2.11. The van der Waals surface area contributed by atoms with Gasteiger partial charge in [-0.3, -0.25) is 5.10 Å². The van der Waals surface area contributed by atoms with Crippen molar-refractivity contribution < 1.29 is 15.0 Å². The Kier molecular flexibility index (Phi) is 2.31. The molecule has 0 saturated carbocycles. The Balaban J connectivity index is 2.10. The summed E-state index contributed by atoms with van der Waals surface area (Å²) in [5, 5.41) is 25.6. The van der Waals surface area contributed by atoms with Gasteiger partial charge in [0.2, 0.25) is 0 Å². The molecular weight excluding hydrogens is 252 g/mol. The van der Waals surface area contributed by atoms with Crippen LogP contribution in [0.15, 0.2) is 30.3 Å². The summed E-state index contributed by atoms with van der Waals surface area (Å²) in [6.07, 6.45) is 0. The van der Waals surface area contributed by atoms with E-state index in [0.29, 0.717) is 5.69 Å². The summed E-state index contributed by atoms with van der Waals surface area (Å²) in [5.74, 6) is -0.844.